The average molecular weight is 395 g/mol. The number of cyclic esters (lactones) is 1. The van der Waals surface area contributed by atoms with Crippen LogP contribution in [0.15, 0.2) is 42.5 Å². The Balaban J connectivity index is 1.61. The van der Waals surface area contributed by atoms with Gasteiger partial charge in [-0.15, -0.1) is 0 Å². The Labute approximate surface area is 160 Å². The van der Waals surface area contributed by atoms with Crippen LogP contribution in [0.1, 0.15) is 10.4 Å². The zero-order valence-corrected chi connectivity index (χ0v) is 15.4. The largest absolute Gasteiger partial charge is 0.497 e. The van der Waals surface area contributed by atoms with E-state index in [1.807, 2.05) is 0 Å². The van der Waals surface area contributed by atoms with Gasteiger partial charge >= 0.3 is 6.09 Å². The molecule has 1 aliphatic rings. The fourth-order valence-electron chi connectivity index (χ4n) is 2.59. The van der Waals surface area contributed by atoms with Gasteiger partial charge in [0, 0.05) is 11.1 Å². The molecule has 0 radical (unpaired) electrons. The van der Waals surface area contributed by atoms with Crippen LogP contribution >= 0.6 is 23.2 Å². The highest BCUT2D eigenvalue weighted by Gasteiger charge is 2.32. The molecule has 2 aromatic carbocycles. The van der Waals surface area contributed by atoms with Crippen molar-refractivity contribution in [3.8, 4) is 5.75 Å². The van der Waals surface area contributed by atoms with Crippen LogP contribution in [-0.4, -0.2) is 38.3 Å². The highest BCUT2D eigenvalue weighted by atomic mass is 35.5. The lowest BCUT2D eigenvalue weighted by molar-refractivity contribution is 0.0916. The number of methoxy groups -OCH3 is 1. The fourth-order valence-corrected chi connectivity index (χ4v) is 3.09. The summed E-state index contributed by atoms with van der Waals surface area (Å²) in [7, 11) is 1.56. The van der Waals surface area contributed by atoms with E-state index in [9.17, 15) is 9.59 Å². The molecule has 2 amide bonds. The number of halogens is 2. The van der Waals surface area contributed by atoms with Crippen molar-refractivity contribution >= 4 is 40.9 Å². The predicted octanol–water partition coefficient (Wildman–Crippen LogP) is 3.76. The summed E-state index contributed by atoms with van der Waals surface area (Å²) < 4.78 is 10.5. The van der Waals surface area contributed by atoms with E-state index in [1.165, 1.54) is 11.0 Å². The first-order chi connectivity index (χ1) is 12.5. The minimum atomic E-state index is -0.470. The third-order valence-corrected chi connectivity index (χ3v) is 4.45. The van der Waals surface area contributed by atoms with Crippen molar-refractivity contribution in [1.29, 1.82) is 0 Å². The summed E-state index contributed by atoms with van der Waals surface area (Å²) in [4.78, 5) is 25.8. The van der Waals surface area contributed by atoms with Crippen LogP contribution in [0.25, 0.3) is 0 Å². The second kappa shape index (κ2) is 7.85. The quantitative estimate of drug-likeness (QED) is 0.837. The van der Waals surface area contributed by atoms with Gasteiger partial charge in [0.2, 0.25) is 0 Å². The van der Waals surface area contributed by atoms with Gasteiger partial charge in [0.15, 0.2) is 0 Å². The Morgan fingerprint density at radius 3 is 2.85 bits per heavy atom. The maximum atomic E-state index is 12.2. The van der Waals surface area contributed by atoms with Crippen LogP contribution in [-0.2, 0) is 4.74 Å². The van der Waals surface area contributed by atoms with E-state index in [0.717, 1.165) is 0 Å². The van der Waals surface area contributed by atoms with E-state index in [0.29, 0.717) is 28.6 Å². The number of nitrogens with one attached hydrogen (secondary N) is 1. The number of amides is 2. The third-order valence-electron chi connectivity index (χ3n) is 3.91. The average Bonchev–Trinajstić information content (AvgIpc) is 3.00. The van der Waals surface area contributed by atoms with Crippen LogP contribution in [0, 0.1) is 0 Å². The SMILES string of the molecule is COc1cccc(N2CC(CNC(=O)c3ccc(Cl)cc3Cl)OC2=O)c1. The van der Waals surface area contributed by atoms with Crippen molar-refractivity contribution in [2.45, 2.75) is 6.10 Å². The van der Waals surface area contributed by atoms with Gasteiger partial charge in [-0.25, -0.2) is 4.79 Å². The summed E-state index contributed by atoms with van der Waals surface area (Å²) in [6.45, 7) is 0.491. The smallest absolute Gasteiger partial charge is 0.414 e. The van der Waals surface area contributed by atoms with Crippen molar-refractivity contribution < 1.29 is 19.1 Å². The molecule has 1 fully saturated rings. The Bertz CT molecular complexity index is 844. The van der Waals surface area contributed by atoms with Crippen LogP contribution in [0.3, 0.4) is 0 Å². The van der Waals surface area contributed by atoms with Crippen molar-refractivity contribution in [3.63, 3.8) is 0 Å². The lowest BCUT2D eigenvalue weighted by Crippen LogP contribution is -2.34. The van der Waals surface area contributed by atoms with Crippen LogP contribution < -0.4 is 15.0 Å². The summed E-state index contributed by atoms with van der Waals surface area (Å²) in [6.07, 6.45) is -0.939. The monoisotopic (exact) mass is 394 g/mol. The van der Waals surface area contributed by atoms with Crippen molar-refractivity contribution in [1.82, 2.24) is 5.32 Å². The first-order valence-corrected chi connectivity index (χ1v) is 8.59. The fraction of sp³-hybridized carbons (Fsp3) is 0.222. The van der Waals surface area contributed by atoms with Crippen molar-refractivity contribution in [2.24, 2.45) is 0 Å². The molecule has 0 aliphatic carbocycles. The topological polar surface area (TPSA) is 67.9 Å². The standard InChI is InChI=1S/C18H16Cl2N2O4/c1-25-13-4-2-3-12(8-13)22-10-14(26-18(22)24)9-21-17(23)15-6-5-11(19)7-16(15)20/h2-8,14H,9-10H2,1H3,(H,21,23). The number of carbonyl (C=O) groups is 2. The number of ether oxygens (including phenoxy) is 2. The molecular weight excluding hydrogens is 379 g/mol. The molecule has 26 heavy (non-hydrogen) atoms. The van der Waals surface area contributed by atoms with Gasteiger partial charge in [-0.1, -0.05) is 29.3 Å². The molecule has 6 nitrogen and oxygen atoms in total. The van der Waals surface area contributed by atoms with Crippen molar-refractivity contribution in [3.05, 3.63) is 58.1 Å². The Hall–Kier alpha value is -2.44. The molecule has 1 saturated heterocycles. The van der Waals surface area contributed by atoms with Crippen molar-refractivity contribution in [2.75, 3.05) is 25.1 Å². The highest BCUT2D eigenvalue weighted by Crippen LogP contribution is 2.25. The molecule has 0 saturated carbocycles. The van der Waals surface area contributed by atoms with Gasteiger partial charge in [-0.2, -0.15) is 0 Å². The van der Waals surface area contributed by atoms with E-state index >= 15 is 0 Å². The molecule has 3 rings (SSSR count). The van der Waals surface area contributed by atoms with E-state index in [-0.39, 0.29) is 17.5 Å². The summed E-state index contributed by atoms with van der Waals surface area (Å²) in [5.74, 6) is 0.284. The maximum absolute atomic E-state index is 12.2. The number of rotatable bonds is 5. The lowest BCUT2D eigenvalue weighted by Gasteiger charge is -2.14. The number of hydrogen-bond donors (Lipinski definition) is 1. The van der Waals surface area contributed by atoms with Gasteiger partial charge in [0.1, 0.15) is 11.9 Å². The molecule has 136 valence electrons. The summed E-state index contributed by atoms with van der Waals surface area (Å²) in [5, 5.41) is 3.43. The van der Waals surface area contributed by atoms with Gasteiger partial charge < -0.3 is 14.8 Å². The molecule has 1 N–H and O–H groups in total. The second-order valence-corrected chi connectivity index (χ2v) is 6.50. The Kier molecular flexibility index (Phi) is 5.54. The molecule has 0 bridgehead atoms. The molecule has 1 atom stereocenters. The van der Waals surface area contributed by atoms with E-state index in [1.54, 1.807) is 43.5 Å². The van der Waals surface area contributed by atoms with Crippen LogP contribution in [0.2, 0.25) is 10.0 Å². The number of benzene rings is 2. The summed E-state index contributed by atoms with van der Waals surface area (Å²) in [5.41, 5.74) is 0.981. The molecule has 0 aromatic heterocycles. The first kappa shape index (κ1) is 18.4. The minimum Gasteiger partial charge on any atom is -0.497 e. The first-order valence-electron chi connectivity index (χ1n) is 7.83. The molecule has 0 spiro atoms. The van der Waals surface area contributed by atoms with Crippen LogP contribution in [0.5, 0.6) is 5.75 Å². The zero-order valence-electron chi connectivity index (χ0n) is 13.9. The van der Waals surface area contributed by atoms with E-state index < -0.39 is 12.2 Å². The summed E-state index contributed by atoms with van der Waals surface area (Å²) >= 11 is 11.9. The van der Waals surface area contributed by atoms with E-state index in [2.05, 4.69) is 5.32 Å². The number of carbonyl (C=O) groups excluding carboxylic acids is 2. The lowest BCUT2D eigenvalue weighted by atomic mass is 10.2. The maximum Gasteiger partial charge on any atom is 0.414 e. The number of hydrogen-bond acceptors (Lipinski definition) is 4. The molecule has 2 aromatic rings. The Morgan fingerprint density at radius 2 is 2.12 bits per heavy atom. The molecular formula is C18H16Cl2N2O4. The van der Waals surface area contributed by atoms with Gasteiger partial charge in [-0.05, 0) is 30.3 Å². The Morgan fingerprint density at radius 1 is 1.31 bits per heavy atom. The van der Waals surface area contributed by atoms with Gasteiger partial charge in [-0.3, -0.25) is 9.69 Å². The normalized spacial score (nSPS) is 16.3. The minimum absolute atomic E-state index is 0.171. The van der Waals surface area contributed by atoms with Gasteiger partial charge in [0.05, 0.1) is 36.5 Å². The zero-order chi connectivity index (χ0) is 18.7. The number of anilines is 1. The molecule has 1 heterocycles. The molecule has 1 aliphatic heterocycles. The highest BCUT2D eigenvalue weighted by molar-refractivity contribution is 6.36. The summed E-state index contributed by atoms with van der Waals surface area (Å²) in [6, 6.07) is 11.7. The molecule has 1 unspecified atom stereocenters. The van der Waals surface area contributed by atoms with Gasteiger partial charge in [0.25, 0.3) is 5.91 Å². The van der Waals surface area contributed by atoms with Crippen LogP contribution in [0.4, 0.5) is 10.5 Å². The predicted molar refractivity (Wildman–Crippen MR) is 99.4 cm³/mol. The molecule has 8 heteroatoms. The number of nitrogens with zero attached hydrogens (tertiary/aromatic N) is 1. The second-order valence-electron chi connectivity index (χ2n) is 5.65. The van der Waals surface area contributed by atoms with E-state index in [4.69, 9.17) is 32.7 Å². The third kappa shape index (κ3) is 4.03.